The maximum absolute atomic E-state index is 13.0. The Hall–Kier alpha value is -1.06. The molecule has 3 fully saturated rings. The Balaban J connectivity index is 1.87. The van der Waals surface area contributed by atoms with Gasteiger partial charge in [-0.25, -0.2) is 0 Å². The summed E-state index contributed by atoms with van der Waals surface area (Å²) in [5.41, 5.74) is -0.606. The van der Waals surface area contributed by atoms with Crippen molar-refractivity contribution >= 4 is 11.8 Å². The lowest BCUT2D eigenvalue weighted by Crippen LogP contribution is -2.71. The second-order valence-electron chi connectivity index (χ2n) is 7.72. The van der Waals surface area contributed by atoms with E-state index in [1.165, 1.54) is 25.7 Å². The van der Waals surface area contributed by atoms with E-state index in [1.54, 1.807) is 0 Å². The number of nitrogens with one attached hydrogen (secondary N) is 1. The Bertz CT molecular complexity index is 438. The Morgan fingerprint density at radius 2 is 1.81 bits per heavy atom. The predicted molar refractivity (Wildman–Crippen MR) is 81.6 cm³/mol. The van der Waals surface area contributed by atoms with Crippen LogP contribution in [0.3, 0.4) is 0 Å². The van der Waals surface area contributed by atoms with Gasteiger partial charge in [-0.15, -0.1) is 0 Å². The maximum atomic E-state index is 13.0. The monoisotopic (exact) mass is 292 g/mol. The summed E-state index contributed by atoms with van der Waals surface area (Å²) >= 11 is 0. The fourth-order valence-electron chi connectivity index (χ4n) is 4.10. The number of hydrogen-bond acceptors (Lipinski definition) is 2. The topological polar surface area (TPSA) is 49.4 Å². The summed E-state index contributed by atoms with van der Waals surface area (Å²) in [5.74, 6) is 1.31. The molecule has 0 aromatic rings. The lowest BCUT2D eigenvalue weighted by molar-refractivity contribution is -0.160. The molecule has 0 aromatic carbocycles. The van der Waals surface area contributed by atoms with Gasteiger partial charge in [-0.05, 0) is 50.4 Å². The zero-order valence-corrected chi connectivity index (χ0v) is 13.5. The van der Waals surface area contributed by atoms with Gasteiger partial charge in [0.2, 0.25) is 11.8 Å². The van der Waals surface area contributed by atoms with Crippen LogP contribution in [0.5, 0.6) is 0 Å². The van der Waals surface area contributed by atoms with E-state index in [-0.39, 0.29) is 23.8 Å². The average molecular weight is 292 g/mol. The lowest BCUT2D eigenvalue weighted by Gasteiger charge is -2.48. The van der Waals surface area contributed by atoms with Crippen molar-refractivity contribution in [3.8, 4) is 0 Å². The molecular formula is C17H28N2O2. The van der Waals surface area contributed by atoms with Crippen molar-refractivity contribution in [2.24, 2.45) is 17.8 Å². The first-order valence-electron chi connectivity index (χ1n) is 8.57. The van der Waals surface area contributed by atoms with Crippen LogP contribution in [-0.4, -0.2) is 34.8 Å². The quantitative estimate of drug-likeness (QED) is 0.864. The minimum atomic E-state index is -0.606. The molecule has 1 heterocycles. The van der Waals surface area contributed by atoms with E-state index in [0.717, 1.165) is 19.4 Å². The summed E-state index contributed by atoms with van der Waals surface area (Å²) in [6.45, 7) is 6.79. The second-order valence-corrected chi connectivity index (χ2v) is 7.72. The first-order chi connectivity index (χ1) is 9.94. The zero-order chi connectivity index (χ0) is 15.2. The SMILES string of the molecule is CC(C)C1NC(=O)C(C)(C2CC2)N(CC2CCCC2)C1=O. The average Bonchev–Trinajstić information content (AvgIpc) is 3.17. The molecule has 0 radical (unpaired) electrons. The van der Waals surface area contributed by atoms with Crippen molar-refractivity contribution in [1.29, 1.82) is 0 Å². The Morgan fingerprint density at radius 3 is 2.33 bits per heavy atom. The minimum absolute atomic E-state index is 0.0706. The van der Waals surface area contributed by atoms with Gasteiger partial charge in [0.1, 0.15) is 11.6 Å². The Kier molecular flexibility index (Phi) is 3.74. The number of carbonyl (C=O) groups excluding carboxylic acids is 2. The van der Waals surface area contributed by atoms with E-state index in [0.29, 0.717) is 11.8 Å². The predicted octanol–water partition coefficient (Wildman–Crippen LogP) is 2.33. The fourth-order valence-corrected chi connectivity index (χ4v) is 4.10. The minimum Gasteiger partial charge on any atom is -0.342 e. The Labute approximate surface area is 127 Å². The molecule has 0 aromatic heterocycles. The van der Waals surface area contributed by atoms with Crippen LogP contribution in [0.4, 0.5) is 0 Å². The summed E-state index contributed by atoms with van der Waals surface area (Å²) in [6.07, 6.45) is 7.10. The van der Waals surface area contributed by atoms with Crippen molar-refractivity contribution in [2.45, 2.75) is 70.9 Å². The second kappa shape index (κ2) is 5.29. The third-order valence-electron chi connectivity index (χ3n) is 5.79. The molecule has 2 atom stereocenters. The van der Waals surface area contributed by atoms with E-state index in [2.05, 4.69) is 5.32 Å². The molecule has 21 heavy (non-hydrogen) atoms. The number of hydrogen-bond donors (Lipinski definition) is 1. The van der Waals surface area contributed by atoms with E-state index in [9.17, 15) is 9.59 Å². The van der Waals surface area contributed by atoms with Crippen LogP contribution in [0.25, 0.3) is 0 Å². The van der Waals surface area contributed by atoms with Gasteiger partial charge < -0.3 is 10.2 Å². The van der Waals surface area contributed by atoms with E-state index in [1.807, 2.05) is 25.7 Å². The van der Waals surface area contributed by atoms with Crippen LogP contribution in [-0.2, 0) is 9.59 Å². The molecule has 4 heteroatoms. The largest absolute Gasteiger partial charge is 0.342 e. The maximum Gasteiger partial charge on any atom is 0.246 e. The van der Waals surface area contributed by atoms with Crippen molar-refractivity contribution in [2.75, 3.05) is 6.54 Å². The highest BCUT2D eigenvalue weighted by Gasteiger charge is 2.57. The van der Waals surface area contributed by atoms with Crippen LogP contribution in [0.15, 0.2) is 0 Å². The third-order valence-corrected chi connectivity index (χ3v) is 5.79. The number of piperazine rings is 1. The summed E-state index contributed by atoms with van der Waals surface area (Å²) < 4.78 is 0. The van der Waals surface area contributed by atoms with Gasteiger partial charge in [0.05, 0.1) is 0 Å². The van der Waals surface area contributed by atoms with Crippen LogP contribution in [0, 0.1) is 17.8 Å². The number of amides is 2. The van der Waals surface area contributed by atoms with Gasteiger partial charge >= 0.3 is 0 Å². The van der Waals surface area contributed by atoms with Crippen LogP contribution in [0.2, 0.25) is 0 Å². The molecule has 0 spiro atoms. The molecule has 2 aliphatic carbocycles. The zero-order valence-electron chi connectivity index (χ0n) is 13.5. The van der Waals surface area contributed by atoms with Crippen molar-refractivity contribution in [3.05, 3.63) is 0 Å². The van der Waals surface area contributed by atoms with Crippen LogP contribution < -0.4 is 5.32 Å². The molecule has 118 valence electrons. The van der Waals surface area contributed by atoms with Crippen molar-refractivity contribution < 1.29 is 9.59 Å². The van der Waals surface area contributed by atoms with E-state index >= 15 is 0 Å². The molecule has 2 unspecified atom stereocenters. The fraction of sp³-hybridized carbons (Fsp3) is 0.882. The summed E-state index contributed by atoms with van der Waals surface area (Å²) in [6, 6.07) is -0.342. The smallest absolute Gasteiger partial charge is 0.246 e. The van der Waals surface area contributed by atoms with E-state index < -0.39 is 5.54 Å². The third kappa shape index (κ3) is 2.47. The van der Waals surface area contributed by atoms with Gasteiger partial charge in [0.15, 0.2) is 0 Å². The van der Waals surface area contributed by atoms with Crippen molar-refractivity contribution in [3.63, 3.8) is 0 Å². The molecule has 1 saturated heterocycles. The highest BCUT2D eigenvalue weighted by atomic mass is 16.2. The number of carbonyl (C=O) groups is 2. The summed E-state index contributed by atoms with van der Waals surface area (Å²) in [5, 5.41) is 3.00. The van der Waals surface area contributed by atoms with Gasteiger partial charge in [0, 0.05) is 6.54 Å². The van der Waals surface area contributed by atoms with Gasteiger partial charge in [-0.3, -0.25) is 9.59 Å². The molecule has 2 saturated carbocycles. The molecule has 1 N–H and O–H groups in total. The molecule has 4 nitrogen and oxygen atoms in total. The van der Waals surface area contributed by atoms with Crippen molar-refractivity contribution in [1.82, 2.24) is 10.2 Å². The first kappa shape index (κ1) is 14.9. The molecular weight excluding hydrogens is 264 g/mol. The van der Waals surface area contributed by atoms with Gasteiger partial charge in [-0.2, -0.15) is 0 Å². The van der Waals surface area contributed by atoms with Gasteiger partial charge in [-0.1, -0.05) is 26.7 Å². The molecule has 1 aliphatic heterocycles. The van der Waals surface area contributed by atoms with Crippen LogP contribution in [0.1, 0.15) is 59.3 Å². The summed E-state index contributed by atoms with van der Waals surface area (Å²) in [4.78, 5) is 27.7. The van der Waals surface area contributed by atoms with E-state index in [4.69, 9.17) is 0 Å². The molecule has 0 bridgehead atoms. The first-order valence-corrected chi connectivity index (χ1v) is 8.57. The lowest BCUT2D eigenvalue weighted by atomic mass is 9.85. The normalized spacial score (nSPS) is 34.7. The molecule has 2 amide bonds. The number of rotatable bonds is 4. The standard InChI is InChI=1S/C17H28N2O2/c1-11(2)14-15(20)19(10-12-6-4-5-7-12)17(3,13-8-9-13)16(21)18-14/h11-14H,4-10H2,1-3H3,(H,18,21). The van der Waals surface area contributed by atoms with Gasteiger partial charge in [0.25, 0.3) is 0 Å². The number of nitrogens with zero attached hydrogens (tertiary/aromatic N) is 1. The summed E-state index contributed by atoms with van der Waals surface area (Å²) in [7, 11) is 0. The van der Waals surface area contributed by atoms with Crippen LogP contribution >= 0.6 is 0 Å². The molecule has 3 rings (SSSR count). The highest BCUT2D eigenvalue weighted by molar-refractivity contribution is 6.00. The Morgan fingerprint density at radius 1 is 1.19 bits per heavy atom. The molecule has 3 aliphatic rings. The highest BCUT2D eigenvalue weighted by Crippen LogP contribution is 2.46.